The molecule has 0 aromatic rings. The third-order valence-electron chi connectivity index (χ3n) is 8.20. The molecule has 4 aliphatic rings. The number of piperidine rings is 1. The summed E-state index contributed by atoms with van der Waals surface area (Å²) in [7, 11) is 1.85. The Morgan fingerprint density at radius 2 is 1.89 bits per heavy atom. The number of methoxy groups -OCH3 is 1. The van der Waals surface area contributed by atoms with Crippen molar-refractivity contribution in [3.63, 3.8) is 0 Å². The summed E-state index contributed by atoms with van der Waals surface area (Å²) in [6, 6.07) is 0.316. The number of nitrogens with one attached hydrogen (secondary N) is 2. The van der Waals surface area contributed by atoms with Gasteiger partial charge in [0.1, 0.15) is 0 Å². The van der Waals surface area contributed by atoms with Gasteiger partial charge in [-0.05, 0) is 75.0 Å². The van der Waals surface area contributed by atoms with Crippen LogP contribution in [0.4, 0.5) is 0 Å². The fourth-order valence-corrected chi connectivity index (χ4v) is 6.83. The van der Waals surface area contributed by atoms with Crippen molar-refractivity contribution in [2.45, 2.75) is 96.7 Å². The van der Waals surface area contributed by atoms with E-state index in [2.05, 4.69) is 31.1 Å². The quantitative estimate of drug-likeness (QED) is 0.713. The molecule has 2 aliphatic heterocycles. The van der Waals surface area contributed by atoms with E-state index >= 15 is 0 Å². The van der Waals surface area contributed by atoms with Gasteiger partial charge in [0.2, 0.25) is 5.91 Å². The highest BCUT2D eigenvalue weighted by molar-refractivity contribution is 5.78. The lowest BCUT2D eigenvalue weighted by molar-refractivity contribution is -0.125. The molecule has 0 spiro atoms. The van der Waals surface area contributed by atoms with Crippen LogP contribution in [0, 0.1) is 23.2 Å². The maximum absolute atomic E-state index is 12.8. The second-order valence-corrected chi connectivity index (χ2v) is 9.59. The summed E-state index contributed by atoms with van der Waals surface area (Å²) >= 11 is 0. The molecule has 4 heteroatoms. The van der Waals surface area contributed by atoms with E-state index in [9.17, 15) is 4.79 Å². The average Bonchev–Trinajstić information content (AvgIpc) is 2.75. The molecule has 154 valence electrons. The third kappa shape index (κ3) is 3.54. The van der Waals surface area contributed by atoms with Crippen LogP contribution in [-0.4, -0.2) is 30.7 Å². The van der Waals surface area contributed by atoms with Gasteiger partial charge in [0.15, 0.2) is 0 Å². The molecule has 4 fully saturated rings. The first-order valence-electron chi connectivity index (χ1n) is 11.1. The zero-order chi connectivity index (χ0) is 19.8. The van der Waals surface area contributed by atoms with Crippen LogP contribution >= 0.6 is 0 Å². The van der Waals surface area contributed by atoms with E-state index in [1.807, 2.05) is 21.0 Å². The summed E-state index contributed by atoms with van der Waals surface area (Å²) in [5.41, 5.74) is 1.18. The van der Waals surface area contributed by atoms with Crippen LogP contribution in [0.15, 0.2) is 12.3 Å². The van der Waals surface area contributed by atoms with Crippen LogP contribution in [0.2, 0.25) is 0 Å². The Hall–Kier alpha value is -1.03. The van der Waals surface area contributed by atoms with Crippen molar-refractivity contribution in [3.05, 3.63) is 12.3 Å². The number of fused-ring (bicyclic) bond motifs is 5. The molecule has 2 saturated heterocycles. The fraction of sp³-hybridized carbons (Fsp3) is 0.870. The summed E-state index contributed by atoms with van der Waals surface area (Å²) in [5, 5.41) is 7.12. The second-order valence-electron chi connectivity index (χ2n) is 9.59. The van der Waals surface area contributed by atoms with E-state index in [4.69, 9.17) is 4.74 Å². The molecule has 0 radical (unpaired) electrons. The van der Waals surface area contributed by atoms with Crippen LogP contribution < -0.4 is 10.6 Å². The topological polar surface area (TPSA) is 50.4 Å². The molecule has 0 bridgehead atoms. The van der Waals surface area contributed by atoms with Gasteiger partial charge in [-0.1, -0.05) is 27.4 Å². The van der Waals surface area contributed by atoms with Crippen molar-refractivity contribution in [2.75, 3.05) is 7.11 Å². The first-order valence-corrected chi connectivity index (χ1v) is 11.1. The number of carbonyl (C=O) groups is 1. The summed E-state index contributed by atoms with van der Waals surface area (Å²) in [4.78, 5) is 12.8. The van der Waals surface area contributed by atoms with Crippen LogP contribution in [0.1, 0.15) is 79.1 Å². The van der Waals surface area contributed by atoms with Gasteiger partial charge in [0.05, 0.1) is 6.10 Å². The van der Waals surface area contributed by atoms with Crippen molar-refractivity contribution in [1.29, 1.82) is 0 Å². The predicted molar refractivity (Wildman–Crippen MR) is 110 cm³/mol. The minimum atomic E-state index is -0.133. The van der Waals surface area contributed by atoms with Crippen molar-refractivity contribution < 1.29 is 9.53 Å². The van der Waals surface area contributed by atoms with E-state index in [1.54, 1.807) is 0 Å². The smallest absolute Gasteiger partial charge is 0.222 e. The number of carbonyl (C=O) groups excluding carboxylic acids is 1. The van der Waals surface area contributed by atoms with Gasteiger partial charge in [-0.25, -0.2) is 0 Å². The van der Waals surface area contributed by atoms with Crippen molar-refractivity contribution >= 4 is 5.91 Å². The SMILES string of the molecule is C=C1CC[C@H]2C3CC[C@H]4CC(OC)CCC4(C)[C@H]3NC(=O)CC2(C)N1.CC. The Labute approximate surface area is 165 Å². The fourth-order valence-electron chi connectivity index (χ4n) is 6.83. The lowest BCUT2D eigenvalue weighted by Crippen LogP contribution is -2.60. The highest BCUT2D eigenvalue weighted by Crippen LogP contribution is 2.56. The van der Waals surface area contributed by atoms with Gasteiger partial charge in [-0.2, -0.15) is 0 Å². The standard InChI is InChI=1S/C21H34N2O2.C2H6/c1-13-5-8-17-16-7-6-14-11-15(25-4)9-10-20(14,2)19(16)22-18(24)12-21(17,3)23-13;1-2/h14-17,19,23H,1,5-12H2,2-4H3,(H,22,24);1-2H3/t14-,15?,16?,17-,19-,20?,21?;/m0./s1. The average molecular weight is 377 g/mol. The second kappa shape index (κ2) is 7.77. The Kier molecular flexibility index (Phi) is 5.96. The summed E-state index contributed by atoms with van der Waals surface area (Å²) in [6.07, 6.45) is 9.15. The number of allylic oxidation sites excluding steroid dienone is 1. The van der Waals surface area contributed by atoms with Crippen molar-refractivity contribution in [3.8, 4) is 0 Å². The zero-order valence-corrected chi connectivity index (χ0v) is 18.1. The number of ether oxygens (including phenoxy) is 1. The minimum absolute atomic E-state index is 0.133. The maximum Gasteiger partial charge on any atom is 0.222 e. The lowest BCUT2D eigenvalue weighted by atomic mass is 9.51. The zero-order valence-electron chi connectivity index (χ0n) is 18.1. The highest BCUT2D eigenvalue weighted by Gasteiger charge is 2.57. The van der Waals surface area contributed by atoms with E-state index < -0.39 is 0 Å². The number of rotatable bonds is 1. The highest BCUT2D eigenvalue weighted by atomic mass is 16.5. The molecule has 27 heavy (non-hydrogen) atoms. The molecule has 0 aromatic carbocycles. The minimum Gasteiger partial charge on any atom is -0.383 e. The van der Waals surface area contributed by atoms with Gasteiger partial charge < -0.3 is 15.4 Å². The Morgan fingerprint density at radius 1 is 1.15 bits per heavy atom. The van der Waals surface area contributed by atoms with E-state index in [0.29, 0.717) is 36.3 Å². The first-order chi connectivity index (χ1) is 12.9. The largest absolute Gasteiger partial charge is 0.383 e. The number of hydrogen-bond acceptors (Lipinski definition) is 3. The van der Waals surface area contributed by atoms with Gasteiger partial charge >= 0.3 is 0 Å². The predicted octanol–water partition coefficient (Wildman–Crippen LogP) is 4.40. The maximum atomic E-state index is 12.8. The van der Waals surface area contributed by atoms with Crippen LogP contribution in [-0.2, 0) is 9.53 Å². The van der Waals surface area contributed by atoms with Crippen molar-refractivity contribution in [2.24, 2.45) is 23.2 Å². The summed E-state index contributed by atoms with van der Waals surface area (Å²) in [6.45, 7) is 12.8. The lowest BCUT2D eigenvalue weighted by Gasteiger charge is -2.57. The molecule has 0 aromatic heterocycles. The van der Waals surface area contributed by atoms with Gasteiger partial charge in [-0.15, -0.1) is 0 Å². The van der Waals surface area contributed by atoms with Gasteiger partial charge in [0.25, 0.3) is 0 Å². The summed E-state index contributed by atoms with van der Waals surface area (Å²) in [5.74, 6) is 2.03. The van der Waals surface area contributed by atoms with Gasteiger partial charge in [-0.3, -0.25) is 4.79 Å². The Morgan fingerprint density at radius 3 is 2.59 bits per heavy atom. The monoisotopic (exact) mass is 376 g/mol. The summed E-state index contributed by atoms with van der Waals surface area (Å²) < 4.78 is 5.67. The normalized spacial score (nSPS) is 46.3. The van der Waals surface area contributed by atoms with E-state index in [1.165, 1.54) is 25.7 Å². The van der Waals surface area contributed by atoms with E-state index in [-0.39, 0.29) is 16.9 Å². The molecule has 2 N–H and O–H groups in total. The number of hydrogen-bond donors (Lipinski definition) is 2. The van der Waals surface area contributed by atoms with Crippen molar-refractivity contribution in [1.82, 2.24) is 10.6 Å². The van der Waals surface area contributed by atoms with E-state index in [0.717, 1.165) is 25.0 Å². The molecule has 7 atom stereocenters. The number of amides is 1. The molecule has 4 unspecified atom stereocenters. The third-order valence-corrected chi connectivity index (χ3v) is 8.20. The first kappa shape index (κ1) is 20.7. The van der Waals surface area contributed by atoms with Crippen LogP contribution in [0.25, 0.3) is 0 Å². The van der Waals surface area contributed by atoms with Gasteiger partial charge in [0, 0.05) is 30.8 Å². The molecular weight excluding hydrogens is 336 g/mol. The molecule has 2 aliphatic carbocycles. The Balaban J connectivity index is 0.00000102. The molecule has 4 rings (SSSR count). The van der Waals surface area contributed by atoms with Crippen LogP contribution in [0.5, 0.6) is 0 Å². The van der Waals surface area contributed by atoms with Crippen LogP contribution in [0.3, 0.4) is 0 Å². The molecule has 4 nitrogen and oxygen atoms in total. The Bertz CT molecular complexity index is 577. The molecular formula is C23H40N2O2. The molecule has 2 heterocycles. The molecule has 2 saturated carbocycles. The molecule has 1 amide bonds.